The predicted molar refractivity (Wildman–Crippen MR) is 79.5 cm³/mol. The molecule has 120 valence electrons. The number of rotatable bonds is 7. The van der Waals surface area contributed by atoms with Crippen molar-refractivity contribution in [1.29, 1.82) is 0 Å². The van der Waals surface area contributed by atoms with E-state index in [9.17, 15) is 13.2 Å². The second kappa shape index (κ2) is 7.06. The number of ether oxygens (including phenoxy) is 1. The Bertz CT molecular complexity index is 595. The van der Waals surface area contributed by atoms with Crippen LogP contribution in [0.1, 0.15) is 31.3 Å². The van der Waals surface area contributed by atoms with Gasteiger partial charge in [0, 0.05) is 26.4 Å². The van der Waals surface area contributed by atoms with E-state index in [2.05, 4.69) is 0 Å². The van der Waals surface area contributed by atoms with Crippen LogP contribution >= 0.6 is 0 Å². The number of aromatic nitrogens is 1. The fourth-order valence-corrected chi connectivity index (χ4v) is 2.76. The molecule has 0 bridgehead atoms. The number of likely N-dealkylation sites (N-methyl/N-ethyl adjacent to an activating group) is 1. The Kier molecular flexibility index (Phi) is 5.94. The molecule has 1 heterocycles. The topological polar surface area (TPSA) is 94.6 Å². The maximum absolute atomic E-state index is 12.6. The molecule has 0 fully saturated rings. The summed E-state index contributed by atoms with van der Waals surface area (Å²) < 4.78 is 29.5. The van der Waals surface area contributed by atoms with Crippen LogP contribution in [0.25, 0.3) is 0 Å². The van der Waals surface area contributed by atoms with E-state index in [1.54, 1.807) is 16.6 Å². The molecule has 0 saturated heterocycles. The highest BCUT2D eigenvalue weighted by Crippen LogP contribution is 2.16. The Labute approximate surface area is 125 Å². The van der Waals surface area contributed by atoms with Gasteiger partial charge in [-0.05, 0) is 26.8 Å². The summed E-state index contributed by atoms with van der Waals surface area (Å²) in [6, 6.07) is 1.22. The summed E-state index contributed by atoms with van der Waals surface area (Å²) >= 11 is 0. The molecule has 0 aromatic carbocycles. The molecule has 1 rings (SSSR count). The van der Waals surface area contributed by atoms with Gasteiger partial charge in [0.15, 0.2) is 0 Å². The Morgan fingerprint density at radius 1 is 1.48 bits per heavy atom. The first kappa shape index (κ1) is 17.7. The van der Waals surface area contributed by atoms with Gasteiger partial charge in [-0.3, -0.25) is 4.79 Å². The van der Waals surface area contributed by atoms with Crippen LogP contribution in [-0.4, -0.2) is 50.1 Å². The van der Waals surface area contributed by atoms with Crippen molar-refractivity contribution in [1.82, 2.24) is 9.47 Å². The number of nitrogens with zero attached hydrogens (tertiary/aromatic N) is 2. The van der Waals surface area contributed by atoms with Crippen molar-refractivity contribution >= 4 is 15.9 Å². The summed E-state index contributed by atoms with van der Waals surface area (Å²) in [5.41, 5.74) is 0.311. The van der Waals surface area contributed by atoms with Gasteiger partial charge in [-0.2, -0.15) is 0 Å². The average Bonchev–Trinajstić information content (AvgIpc) is 2.83. The molecule has 1 aromatic heterocycles. The number of hydrogen-bond acceptors (Lipinski definition) is 4. The van der Waals surface area contributed by atoms with Crippen LogP contribution in [0.2, 0.25) is 0 Å². The molecule has 8 heteroatoms. The minimum Gasteiger partial charge on any atom is -0.383 e. The lowest BCUT2D eigenvalue weighted by molar-refractivity contribution is 0.0569. The van der Waals surface area contributed by atoms with Crippen molar-refractivity contribution in [2.45, 2.75) is 38.3 Å². The first-order valence-corrected chi connectivity index (χ1v) is 8.33. The molecule has 0 spiro atoms. The standard InChI is InChI=1S/C13H23N3O4S/c1-5-15-8-11(21(14,18)19)7-12(15)13(17)16(6-2)10(3)9-20-4/h7-8,10H,5-6,9H2,1-4H3,(H2,14,18,19). The third-order valence-electron chi connectivity index (χ3n) is 3.30. The van der Waals surface area contributed by atoms with E-state index in [-0.39, 0.29) is 16.8 Å². The largest absolute Gasteiger partial charge is 0.383 e. The Morgan fingerprint density at radius 3 is 2.52 bits per heavy atom. The number of nitrogens with two attached hydrogens (primary N) is 1. The maximum Gasteiger partial charge on any atom is 0.270 e. The Balaban J connectivity index is 3.19. The molecular formula is C13H23N3O4S. The SMILES string of the molecule is CCN(C(=O)c1cc(S(N)(=O)=O)cn1CC)C(C)COC. The summed E-state index contributed by atoms with van der Waals surface area (Å²) in [6.45, 7) is 6.97. The molecule has 0 radical (unpaired) electrons. The van der Waals surface area contributed by atoms with Gasteiger partial charge in [0.2, 0.25) is 10.0 Å². The summed E-state index contributed by atoms with van der Waals surface area (Å²) in [5.74, 6) is -0.237. The van der Waals surface area contributed by atoms with Crippen LogP contribution in [0.3, 0.4) is 0 Å². The predicted octanol–water partition coefficient (Wildman–Crippen LogP) is 0.652. The van der Waals surface area contributed by atoms with Gasteiger partial charge in [-0.15, -0.1) is 0 Å². The molecule has 1 unspecified atom stereocenters. The molecule has 7 nitrogen and oxygen atoms in total. The van der Waals surface area contributed by atoms with Crippen molar-refractivity contribution in [3.05, 3.63) is 18.0 Å². The third-order valence-corrected chi connectivity index (χ3v) is 4.18. The van der Waals surface area contributed by atoms with Crippen LogP contribution in [0.5, 0.6) is 0 Å². The number of carbonyl (C=O) groups excluding carboxylic acids is 1. The van der Waals surface area contributed by atoms with Crippen molar-refractivity contribution in [2.75, 3.05) is 20.3 Å². The monoisotopic (exact) mass is 317 g/mol. The number of primary sulfonamides is 1. The van der Waals surface area contributed by atoms with E-state index in [1.807, 2.05) is 20.8 Å². The highest BCUT2D eigenvalue weighted by Gasteiger charge is 2.25. The van der Waals surface area contributed by atoms with E-state index in [0.717, 1.165) is 0 Å². The van der Waals surface area contributed by atoms with Crippen LogP contribution in [0.15, 0.2) is 17.2 Å². The lowest BCUT2D eigenvalue weighted by Gasteiger charge is -2.27. The fraction of sp³-hybridized carbons (Fsp3) is 0.615. The highest BCUT2D eigenvalue weighted by atomic mass is 32.2. The Hall–Kier alpha value is -1.38. The first-order chi connectivity index (χ1) is 9.76. The fourth-order valence-electron chi connectivity index (χ4n) is 2.21. The number of methoxy groups -OCH3 is 1. The molecule has 1 amide bonds. The molecule has 21 heavy (non-hydrogen) atoms. The Morgan fingerprint density at radius 2 is 2.10 bits per heavy atom. The number of amides is 1. The van der Waals surface area contributed by atoms with Gasteiger partial charge in [-0.1, -0.05) is 0 Å². The van der Waals surface area contributed by atoms with Crippen molar-refractivity contribution in [2.24, 2.45) is 5.14 Å². The van der Waals surface area contributed by atoms with Gasteiger partial charge in [0.1, 0.15) is 10.6 Å². The van der Waals surface area contributed by atoms with E-state index >= 15 is 0 Å². The van der Waals surface area contributed by atoms with E-state index in [1.165, 1.54) is 12.3 Å². The zero-order chi connectivity index (χ0) is 16.2. The van der Waals surface area contributed by atoms with Crippen molar-refractivity contribution in [3.63, 3.8) is 0 Å². The molecule has 0 saturated carbocycles. The molecule has 2 N–H and O–H groups in total. The van der Waals surface area contributed by atoms with Crippen molar-refractivity contribution < 1.29 is 17.9 Å². The summed E-state index contributed by atoms with van der Waals surface area (Å²) in [4.78, 5) is 14.2. The van der Waals surface area contributed by atoms with Crippen molar-refractivity contribution in [3.8, 4) is 0 Å². The number of aryl methyl sites for hydroxylation is 1. The summed E-state index contributed by atoms with van der Waals surface area (Å²) in [7, 11) is -2.26. The molecule has 1 atom stereocenters. The van der Waals surface area contributed by atoms with Gasteiger partial charge in [0.05, 0.1) is 12.6 Å². The molecule has 1 aromatic rings. The van der Waals surface area contributed by atoms with Crippen LogP contribution in [0, 0.1) is 0 Å². The average molecular weight is 317 g/mol. The lowest BCUT2D eigenvalue weighted by atomic mass is 10.2. The van der Waals surface area contributed by atoms with Gasteiger partial charge in [-0.25, -0.2) is 13.6 Å². The molecule has 0 aliphatic carbocycles. The van der Waals surface area contributed by atoms with Gasteiger partial charge >= 0.3 is 0 Å². The second-order valence-corrected chi connectivity index (χ2v) is 6.35. The van der Waals surface area contributed by atoms with E-state index in [4.69, 9.17) is 9.88 Å². The number of hydrogen-bond donors (Lipinski definition) is 1. The zero-order valence-corrected chi connectivity index (χ0v) is 13.7. The maximum atomic E-state index is 12.6. The van der Waals surface area contributed by atoms with Gasteiger partial charge < -0.3 is 14.2 Å². The highest BCUT2D eigenvalue weighted by molar-refractivity contribution is 7.89. The number of sulfonamides is 1. The lowest BCUT2D eigenvalue weighted by Crippen LogP contribution is -2.41. The summed E-state index contributed by atoms with van der Waals surface area (Å²) in [6.07, 6.45) is 1.39. The molecule has 0 aliphatic heterocycles. The van der Waals surface area contributed by atoms with E-state index in [0.29, 0.717) is 25.4 Å². The smallest absolute Gasteiger partial charge is 0.270 e. The third kappa shape index (κ3) is 4.05. The number of carbonyl (C=O) groups is 1. The molecule has 0 aliphatic rings. The van der Waals surface area contributed by atoms with Crippen LogP contribution < -0.4 is 5.14 Å². The van der Waals surface area contributed by atoms with Crippen LogP contribution in [-0.2, 0) is 21.3 Å². The first-order valence-electron chi connectivity index (χ1n) is 6.79. The molecular weight excluding hydrogens is 294 g/mol. The van der Waals surface area contributed by atoms with Gasteiger partial charge in [0.25, 0.3) is 5.91 Å². The minimum absolute atomic E-state index is 0.0526. The second-order valence-electron chi connectivity index (χ2n) is 4.79. The normalized spacial score (nSPS) is 13.2. The van der Waals surface area contributed by atoms with Crippen LogP contribution in [0.4, 0.5) is 0 Å². The minimum atomic E-state index is -3.83. The summed E-state index contributed by atoms with van der Waals surface area (Å²) in [5, 5.41) is 5.12. The quantitative estimate of drug-likeness (QED) is 0.799. The zero-order valence-electron chi connectivity index (χ0n) is 12.9. The van der Waals surface area contributed by atoms with E-state index < -0.39 is 10.0 Å².